The molecule has 0 saturated carbocycles. The number of aromatic nitrogens is 2. The Balaban J connectivity index is 1.70. The van der Waals surface area contributed by atoms with Gasteiger partial charge >= 0.3 is 0 Å². The van der Waals surface area contributed by atoms with E-state index in [1.165, 1.54) is 19.2 Å². The van der Waals surface area contributed by atoms with Crippen LogP contribution in [-0.2, 0) is 27.8 Å². The van der Waals surface area contributed by atoms with Crippen molar-refractivity contribution in [2.75, 3.05) is 27.3 Å². The molecule has 0 spiro atoms. The van der Waals surface area contributed by atoms with Gasteiger partial charge in [-0.2, -0.15) is 5.10 Å². The van der Waals surface area contributed by atoms with Gasteiger partial charge in [-0.05, 0) is 30.2 Å². The molecule has 3 rings (SSSR count). The lowest BCUT2D eigenvalue weighted by Gasteiger charge is -2.18. The fourth-order valence-corrected chi connectivity index (χ4v) is 4.30. The normalized spacial score (nSPS) is 11.5. The van der Waals surface area contributed by atoms with E-state index in [1.54, 1.807) is 31.1 Å². The van der Waals surface area contributed by atoms with E-state index in [9.17, 15) is 13.2 Å². The number of nitrogens with one attached hydrogen (secondary N) is 1. The van der Waals surface area contributed by atoms with Gasteiger partial charge in [0.25, 0.3) is 5.91 Å². The summed E-state index contributed by atoms with van der Waals surface area (Å²) < 4.78 is 34.2. The third-order valence-electron chi connectivity index (χ3n) is 4.99. The molecule has 3 aromatic rings. The molecule has 0 aliphatic rings. The minimum atomic E-state index is -3.73. The third kappa shape index (κ3) is 6.03. The summed E-state index contributed by atoms with van der Waals surface area (Å²) in [7, 11) is -0.543. The van der Waals surface area contributed by atoms with E-state index in [4.69, 9.17) is 4.74 Å². The number of ether oxygens (including phenoxy) is 1. The van der Waals surface area contributed by atoms with Gasteiger partial charge in [0.05, 0.1) is 24.2 Å². The average Bonchev–Trinajstić information content (AvgIpc) is 3.20. The first-order valence-electron chi connectivity index (χ1n) is 10.2. The number of amides is 1. The van der Waals surface area contributed by atoms with Crippen molar-refractivity contribution in [3.8, 4) is 0 Å². The number of sulfonamides is 1. The molecular formula is C23H28N4O4S. The molecule has 0 atom stereocenters. The molecular weight excluding hydrogens is 428 g/mol. The van der Waals surface area contributed by atoms with E-state index in [2.05, 4.69) is 9.82 Å². The molecule has 1 aromatic heterocycles. The molecule has 0 saturated heterocycles. The minimum absolute atomic E-state index is 0.0478. The quantitative estimate of drug-likeness (QED) is 0.473. The Hall–Kier alpha value is -3.01. The van der Waals surface area contributed by atoms with Crippen LogP contribution in [0.1, 0.15) is 27.0 Å². The van der Waals surface area contributed by atoms with Crippen molar-refractivity contribution in [2.24, 2.45) is 0 Å². The maximum absolute atomic E-state index is 13.1. The maximum Gasteiger partial charge on any atom is 0.254 e. The van der Waals surface area contributed by atoms with E-state index in [0.29, 0.717) is 24.2 Å². The number of nitrogens with zero attached hydrogens (tertiary/aromatic N) is 3. The predicted molar refractivity (Wildman–Crippen MR) is 122 cm³/mol. The van der Waals surface area contributed by atoms with Gasteiger partial charge in [-0.25, -0.2) is 13.1 Å². The minimum Gasteiger partial charge on any atom is -0.383 e. The molecule has 1 heterocycles. The highest BCUT2D eigenvalue weighted by Crippen LogP contribution is 2.18. The average molecular weight is 457 g/mol. The molecule has 32 heavy (non-hydrogen) atoms. The Morgan fingerprint density at radius 2 is 1.91 bits per heavy atom. The van der Waals surface area contributed by atoms with Gasteiger partial charge in [0, 0.05) is 44.6 Å². The molecule has 1 amide bonds. The van der Waals surface area contributed by atoms with Gasteiger partial charge in [-0.15, -0.1) is 0 Å². The highest BCUT2D eigenvalue weighted by atomic mass is 32.2. The van der Waals surface area contributed by atoms with Crippen LogP contribution in [0.4, 0.5) is 0 Å². The lowest BCUT2D eigenvalue weighted by Crippen LogP contribution is -2.29. The van der Waals surface area contributed by atoms with Gasteiger partial charge in [0.15, 0.2) is 0 Å². The maximum atomic E-state index is 13.1. The number of benzene rings is 2. The van der Waals surface area contributed by atoms with Crippen LogP contribution in [0.3, 0.4) is 0 Å². The van der Waals surface area contributed by atoms with Crippen molar-refractivity contribution in [1.29, 1.82) is 0 Å². The number of hydrogen-bond donors (Lipinski definition) is 1. The van der Waals surface area contributed by atoms with E-state index in [1.807, 2.05) is 41.2 Å². The van der Waals surface area contributed by atoms with Crippen LogP contribution in [0.5, 0.6) is 0 Å². The van der Waals surface area contributed by atoms with Crippen molar-refractivity contribution in [3.63, 3.8) is 0 Å². The number of hydrogen-bond acceptors (Lipinski definition) is 5. The molecule has 1 N–H and O–H groups in total. The summed E-state index contributed by atoms with van der Waals surface area (Å²) in [5.74, 6) is -0.257. The van der Waals surface area contributed by atoms with Crippen molar-refractivity contribution < 1.29 is 17.9 Å². The number of aryl methyl sites for hydroxylation is 1. The highest BCUT2D eigenvalue weighted by Gasteiger charge is 2.20. The SMILES string of the molecule is COCCNS(=O)(=O)c1ccc(C)c(C(=O)N(C)Cc2cnn(Cc3ccccc3)c2)c1. The fraction of sp³-hybridized carbons (Fsp3) is 0.304. The number of rotatable bonds is 10. The zero-order valence-corrected chi connectivity index (χ0v) is 19.3. The molecule has 0 aliphatic heterocycles. The second-order valence-electron chi connectivity index (χ2n) is 7.56. The van der Waals surface area contributed by atoms with E-state index in [0.717, 1.165) is 11.1 Å². The second-order valence-corrected chi connectivity index (χ2v) is 9.33. The van der Waals surface area contributed by atoms with Crippen molar-refractivity contribution in [2.45, 2.75) is 24.9 Å². The summed E-state index contributed by atoms with van der Waals surface area (Å²) in [4.78, 5) is 14.7. The van der Waals surface area contributed by atoms with E-state index >= 15 is 0 Å². The Labute approximate surface area is 188 Å². The fourth-order valence-electron chi connectivity index (χ4n) is 3.26. The summed E-state index contributed by atoms with van der Waals surface area (Å²) in [5.41, 5.74) is 3.08. The standard InChI is InChI=1S/C23H28N4O4S/c1-18-9-10-21(32(29,30)25-11-12-31-3)13-22(18)23(28)26(2)15-20-14-24-27(17-20)16-19-7-5-4-6-8-19/h4-10,13-14,17,25H,11-12,15-16H2,1-3H3. The molecule has 8 nitrogen and oxygen atoms in total. The Bertz CT molecular complexity index is 1160. The van der Waals surface area contributed by atoms with Crippen LogP contribution < -0.4 is 4.72 Å². The second kappa shape index (κ2) is 10.5. The van der Waals surface area contributed by atoms with E-state index < -0.39 is 10.0 Å². The highest BCUT2D eigenvalue weighted by molar-refractivity contribution is 7.89. The topological polar surface area (TPSA) is 93.5 Å². The first-order valence-corrected chi connectivity index (χ1v) is 11.7. The van der Waals surface area contributed by atoms with Crippen LogP contribution in [0, 0.1) is 6.92 Å². The van der Waals surface area contributed by atoms with Crippen molar-refractivity contribution in [3.05, 3.63) is 83.2 Å². The zero-order chi connectivity index (χ0) is 23.1. The van der Waals surface area contributed by atoms with Crippen LogP contribution in [0.25, 0.3) is 0 Å². The predicted octanol–water partition coefficient (Wildman–Crippen LogP) is 2.44. The Kier molecular flexibility index (Phi) is 7.79. The summed E-state index contributed by atoms with van der Waals surface area (Å²) in [5, 5.41) is 4.38. The smallest absolute Gasteiger partial charge is 0.254 e. The van der Waals surface area contributed by atoms with Crippen LogP contribution >= 0.6 is 0 Å². The Morgan fingerprint density at radius 3 is 2.62 bits per heavy atom. The third-order valence-corrected chi connectivity index (χ3v) is 6.45. The molecule has 9 heteroatoms. The molecule has 0 radical (unpaired) electrons. The monoisotopic (exact) mass is 456 g/mol. The van der Waals surface area contributed by atoms with E-state index in [-0.39, 0.29) is 24.0 Å². The van der Waals surface area contributed by atoms with Crippen molar-refractivity contribution >= 4 is 15.9 Å². The van der Waals surface area contributed by atoms with Crippen LogP contribution in [0.15, 0.2) is 65.8 Å². The largest absolute Gasteiger partial charge is 0.383 e. The number of carbonyl (C=O) groups is 1. The molecule has 170 valence electrons. The molecule has 0 fully saturated rings. The van der Waals surface area contributed by atoms with Crippen molar-refractivity contribution in [1.82, 2.24) is 19.4 Å². The lowest BCUT2D eigenvalue weighted by molar-refractivity contribution is 0.0784. The first kappa shape index (κ1) is 23.6. The van der Waals surface area contributed by atoms with Gasteiger partial charge in [0.1, 0.15) is 0 Å². The van der Waals surface area contributed by atoms with Gasteiger partial charge in [0.2, 0.25) is 10.0 Å². The first-order chi connectivity index (χ1) is 15.3. The van der Waals surface area contributed by atoms with Gasteiger partial charge in [-0.1, -0.05) is 36.4 Å². The Morgan fingerprint density at radius 1 is 1.16 bits per heavy atom. The lowest BCUT2D eigenvalue weighted by atomic mass is 10.1. The van der Waals surface area contributed by atoms with Gasteiger partial charge < -0.3 is 9.64 Å². The zero-order valence-electron chi connectivity index (χ0n) is 18.5. The number of methoxy groups -OCH3 is 1. The molecule has 0 aliphatic carbocycles. The summed E-state index contributed by atoms with van der Waals surface area (Å²) in [6, 6.07) is 14.6. The summed E-state index contributed by atoms with van der Waals surface area (Å²) >= 11 is 0. The number of carbonyl (C=O) groups excluding carboxylic acids is 1. The van der Waals surface area contributed by atoms with Crippen LogP contribution in [-0.4, -0.2) is 56.3 Å². The van der Waals surface area contributed by atoms with Crippen LogP contribution in [0.2, 0.25) is 0 Å². The molecule has 0 unspecified atom stereocenters. The molecule has 0 bridgehead atoms. The molecule has 2 aromatic carbocycles. The summed E-state index contributed by atoms with van der Waals surface area (Å²) in [6.45, 7) is 3.21. The summed E-state index contributed by atoms with van der Waals surface area (Å²) in [6.07, 6.45) is 3.64. The van der Waals surface area contributed by atoms with Gasteiger partial charge in [-0.3, -0.25) is 9.48 Å².